The third-order valence-electron chi connectivity index (χ3n) is 6.76. The van der Waals surface area contributed by atoms with Crippen LogP contribution in [-0.4, -0.2) is 45.0 Å². The Morgan fingerprint density at radius 3 is 2.49 bits per heavy atom. The number of hydrogen-bond donors (Lipinski definition) is 1. The van der Waals surface area contributed by atoms with Crippen LogP contribution in [0.15, 0.2) is 79.1 Å². The highest BCUT2D eigenvalue weighted by atomic mass is 16.6. The molecule has 200 valence electrons. The van der Waals surface area contributed by atoms with Gasteiger partial charge in [-0.25, -0.2) is 4.79 Å². The first-order valence-corrected chi connectivity index (χ1v) is 12.5. The van der Waals surface area contributed by atoms with E-state index in [1.807, 2.05) is 68.7 Å². The highest BCUT2D eigenvalue weighted by Gasteiger charge is 2.40. The number of carbonyl (C=O) groups excluding carboxylic acids is 1. The molecule has 5 rings (SSSR count). The minimum Gasteiger partial charge on any atom is -0.493 e. The molecule has 1 N–H and O–H groups in total. The highest BCUT2D eigenvalue weighted by molar-refractivity contribution is 5.72. The summed E-state index contributed by atoms with van der Waals surface area (Å²) in [7, 11) is 3.38. The van der Waals surface area contributed by atoms with Gasteiger partial charge in [0.05, 0.1) is 32.3 Å². The van der Waals surface area contributed by atoms with Crippen LogP contribution in [-0.2, 0) is 29.5 Å². The molecule has 0 spiro atoms. The van der Waals surface area contributed by atoms with E-state index < -0.39 is 18.2 Å². The topological polar surface area (TPSA) is 103 Å². The van der Waals surface area contributed by atoms with E-state index in [1.54, 1.807) is 34.0 Å². The number of cyclic esters (lactones) is 1. The molecule has 2 unspecified atom stereocenters. The molecule has 0 saturated carbocycles. The third-order valence-corrected chi connectivity index (χ3v) is 6.76. The first-order chi connectivity index (χ1) is 18.8. The van der Waals surface area contributed by atoms with Crippen LogP contribution in [0.1, 0.15) is 29.7 Å². The molecule has 9 heteroatoms. The lowest BCUT2D eigenvalue weighted by Crippen LogP contribution is -2.31. The molecule has 2 heterocycles. The van der Waals surface area contributed by atoms with E-state index in [0.29, 0.717) is 22.8 Å². The van der Waals surface area contributed by atoms with Crippen molar-refractivity contribution in [2.75, 3.05) is 7.11 Å². The van der Waals surface area contributed by atoms with Crippen molar-refractivity contribution in [3.8, 4) is 28.4 Å². The summed E-state index contributed by atoms with van der Waals surface area (Å²) >= 11 is 0. The monoisotopic (exact) mass is 527 g/mol. The van der Waals surface area contributed by atoms with E-state index in [4.69, 9.17) is 14.2 Å². The summed E-state index contributed by atoms with van der Waals surface area (Å²) in [5, 5.41) is 13.5. The molecule has 0 bridgehead atoms. The molecule has 1 amide bonds. The van der Waals surface area contributed by atoms with Crippen LogP contribution in [0.3, 0.4) is 0 Å². The Labute approximate surface area is 226 Å². The number of carboxylic acids is 1. The maximum absolute atomic E-state index is 13.0. The second kappa shape index (κ2) is 10.9. The summed E-state index contributed by atoms with van der Waals surface area (Å²) in [4.78, 5) is 26.0. The summed E-state index contributed by atoms with van der Waals surface area (Å²) in [6, 6.07) is 20.2. The summed E-state index contributed by atoms with van der Waals surface area (Å²) in [5.74, 6) is 0.411. The van der Waals surface area contributed by atoms with E-state index >= 15 is 0 Å². The van der Waals surface area contributed by atoms with Gasteiger partial charge in [-0.1, -0.05) is 42.5 Å². The lowest BCUT2D eigenvalue weighted by Gasteiger charge is -2.23. The van der Waals surface area contributed by atoms with Gasteiger partial charge in [0.1, 0.15) is 11.9 Å². The molecule has 9 nitrogen and oxygen atoms in total. The second-order valence-electron chi connectivity index (χ2n) is 9.47. The molecule has 1 aromatic heterocycles. The van der Waals surface area contributed by atoms with Crippen LogP contribution in [0, 0.1) is 0 Å². The number of rotatable bonds is 9. The predicted octanol–water partition coefficient (Wildman–Crippen LogP) is 5.60. The van der Waals surface area contributed by atoms with Gasteiger partial charge >= 0.3 is 12.1 Å². The lowest BCUT2D eigenvalue weighted by molar-refractivity contribution is -0.136. The molecular weight excluding hydrogens is 498 g/mol. The molecule has 3 aromatic carbocycles. The number of aromatic nitrogens is 2. The Hall–Kier alpha value is -4.79. The molecule has 39 heavy (non-hydrogen) atoms. The number of ether oxygens (including phenoxy) is 3. The van der Waals surface area contributed by atoms with E-state index in [9.17, 15) is 14.7 Å². The van der Waals surface area contributed by atoms with Gasteiger partial charge in [-0.05, 0) is 47.9 Å². The van der Waals surface area contributed by atoms with E-state index in [-0.39, 0.29) is 19.0 Å². The maximum atomic E-state index is 13.0. The van der Waals surface area contributed by atoms with E-state index in [1.165, 1.54) is 7.11 Å². The van der Waals surface area contributed by atoms with Crippen LogP contribution in [0.2, 0.25) is 0 Å². The largest absolute Gasteiger partial charge is 0.493 e. The summed E-state index contributed by atoms with van der Waals surface area (Å²) < 4.78 is 19.3. The lowest BCUT2D eigenvalue weighted by atomic mass is 10.0. The molecule has 1 aliphatic rings. The van der Waals surface area contributed by atoms with Crippen molar-refractivity contribution < 1.29 is 28.9 Å². The zero-order chi connectivity index (χ0) is 27.5. The van der Waals surface area contributed by atoms with Gasteiger partial charge in [0.15, 0.2) is 11.5 Å². The van der Waals surface area contributed by atoms with Crippen molar-refractivity contribution in [2.24, 2.45) is 7.05 Å². The third kappa shape index (κ3) is 5.57. The normalized spacial score (nSPS) is 16.7. The number of methoxy groups -OCH3 is 1. The maximum Gasteiger partial charge on any atom is 0.411 e. The van der Waals surface area contributed by atoms with Crippen LogP contribution in [0.4, 0.5) is 4.79 Å². The Balaban J connectivity index is 1.51. The first kappa shape index (κ1) is 25.8. The number of nitrogens with zero attached hydrogens (tertiary/aromatic N) is 3. The zero-order valence-electron chi connectivity index (χ0n) is 21.9. The van der Waals surface area contributed by atoms with Crippen molar-refractivity contribution in [1.29, 1.82) is 0 Å². The minimum absolute atomic E-state index is 0.148. The molecule has 0 aliphatic carbocycles. The van der Waals surface area contributed by atoms with Crippen molar-refractivity contribution in [3.05, 3.63) is 95.8 Å². The number of carboxylic acid groups (broad SMARTS) is 1. The number of amides is 1. The van der Waals surface area contributed by atoms with Gasteiger partial charge < -0.3 is 19.3 Å². The fourth-order valence-electron chi connectivity index (χ4n) is 4.74. The van der Waals surface area contributed by atoms with Gasteiger partial charge in [-0.15, -0.1) is 0 Å². The van der Waals surface area contributed by atoms with Crippen molar-refractivity contribution in [2.45, 2.75) is 32.0 Å². The SMILES string of the molecule is COc1ccc(CC(=O)O)cc1Oc1ccc(-c2cnn(C)c2)cc1CN1C(=O)OC(c2ccccc2)C1C. The molecule has 0 radical (unpaired) electrons. The smallest absolute Gasteiger partial charge is 0.411 e. The molecule has 4 aromatic rings. The fraction of sp³-hybridized carbons (Fsp3) is 0.233. The Morgan fingerprint density at radius 1 is 1.03 bits per heavy atom. The van der Waals surface area contributed by atoms with Crippen LogP contribution in [0.5, 0.6) is 17.2 Å². The summed E-state index contributed by atoms with van der Waals surface area (Å²) in [6.45, 7) is 2.20. The molecule has 1 aliphatic heterocycles. The van der Waals surface area contributed by atoms with Crippen molar-refractivity contribution in [1.82, 2.24) is 14.7 Å². The van der Waals surface area contributed by atoms with Crippen LogP contribution >= 0.6 is 0 Å². The number of aryl methyl sites for hydroxylation is 1. The Kier molecular flexibility index (Phi) is 7.23. The Morgan fingerprint density at radius 2 is 1.79 bits per heavy atom. The number of carbonyl (C=O) groups is 2. The highest BCUT2D eigenvalue weighted by Crippen LogP contribution is 2.39. The number of hydrogen-bond acceptors (Lipinski definition) is 6. The molecule has 1 saturated heterocycles. The van der Waals surface area contributed by atoms with Crippen molar-refractivity contribution in [3.63, 3.8) is 0 Å². The second-order valence-corrected chi connectivity index (χ2v) is 9.47. The Bertz CT molecular complexity index is 1500. The predicted molar refractivity (Wildman–Crippen MR) is 144 cm³/mol. The van der Waals surface area contributed by atoms with Crippen LogP contribution < -0.4 is 9.47 Å². The molecule has 2 atom stereocenters. The van der Waals surface area contributed by atoms with E-state index in [2.05, 4.69) is 5.10 Å². The van der Waals surface area contributed by atoms with Gasteiger partial charge in [0.2, 0.25) is 0 Å². The fourth-order valence-corrected chi connectivity index (χ4v) is 4.74. The average Bonchev–Trinajstić information content (AvgIpc) is 3.48. The number of benzene rings is 3. The zero-order valence-corrected chi connectivity index (χ0v) is 21.9. The molecular formula is C30H29N3O6. The van der Waals surface area contributed by atoms with E-state index in [0.717, 1.165) is 22.3 Å². The van der Waals surface area contributed by atoms with Gasteiger partial charge in [-0.2, -0.15) is 5.10 Å². The minimum atomic E-state index is -0.942. The van der Waals surface area contributed by atoms with Gasteiger partial charge in [0, 0.05) is 24.4 Å². The average molecular weight is 528 g/mol. The quantitative estimate of drug-likeness (QED) is 0.302. The number of aliphatic carboxylic acids is 1. The standard InChI is InChI=1S/C30H29N3O6/c1-19-29(21-7-5-4-6-8-21)39-30(36)33(19)18-23-15-22(24-16-31-32(2)17-24)10-12-25(23)38-27-13-20(14-28(34)35)9-11-26(27)37-3/h4-13,15-17,19,29H,14,18H2,1-3H3,(H,34,35). The first-order valence-electron chi connectivity index (χ1n) is 12.5. The molecule has 1 fully saturated rings. The van der Waals surface area contributed by atoms with Gasteiger partial charge in [-0.3, -0.25) is 14.4 Å². The van der Waals surface area contributed by atoms with Crippen LogP contribution in [0.25, 0.3) is 11.1 Å². The summed E-state index contributed by atoms with van der Waals surface area (Å²) in [5.41, 5.74) is 4.10. The summed E-state index contributed by atoms with van der Waals surface area (Å²) in [6.07, 6.45) is 2.74. The van der Waals surface area contributed by atoms with Gasteiger partial charge in [0.25, 0.3) is 0 Å². The van der Waals surface area contributed by atoms with Crippen molar-refractivity contribution >= 4 is 12.1 Å².